The molecular formula is C17H21ClN2O5. The van der Waals surface area contributed by atoms with Gasteiger partial charge >= 0.3 is 12.1 Å². The van der Waals surface area contributed by atoms with E-state index in [4.69, 9.17) is 16.3 Å². The summed E-state index contributed by atoms with van der Waals surface area (Å²) in [7, 11) is 0. The molecule has 1 unspecified atom stereocenters. The standard InChI is InChI=1S/C17H21ClN2O5/c1-17(2,3)25-16(24)20-8-4-5-13(20)14(21)19-12-9-10(18)6-7-11(12)15(22)23/h6-7,9,13H,4-5,8H2,1-3H3,(H,19,21)(H,22,23). The molecule has 0 radical (unpaired) electrons. The number of carbonyl (C=O) groups is 3. The molecule has 0 saturated carbocycles. The average Bonchev–Trinajstić information content (AvgIpc) is 2.94. The first-order valence-electron chi connectivity index (χ1n) is 7.92. The van der Waals surface area contributed by atoms with Crippen molar-refractivity contribution in [2.24, 2.45) is 0 Å². The zero-order chi connectivity index (χ0) is 18.8. The molecule has 1 aromatic rings. The number of rotatable bonds is 3. The van der Waals surface area contributed by atoms with E-state index < -0.39 is 29.6 Å². The van der Waals surface area contributed by atoms with Crippen LogP contribution in [0.4, 0.5) is 10.5 Å². The quantitative estimate of drug-likeness (QED) is 0.852. The van der Waals surface area contributed by atoms with Crippen molar-refractivity contribution in [3.63, 3.8) is 0 Å². The van der Waals surface area contributed by atoms with Gasteiger partial charge in [-0.2, -0.15) is 0 Å². The smallest absolute Gasteiger partial charge is 0.410 e. The Hall–Kier alpha value is -2.28. The van der Waals surface area contributed by atoms with Crippen molar-refractivity contribution >= 4 is 35.3 Å². The maximum Gasteiger partial charge on any atom is 0.410 e. The van der Waals surface area contributed by atoms with E-state index in [2.05, 4.69) is 5.32 Å². The SMILES string of the molecule is CC(C)(C)OC(=O)N1CCCC1C(=O)Nc1cc(Cl)ccc1C(=O)O. The zero-order valence-electron chi connectivity index (χ0n) is 14.3. The molecule has 2 amide bonds. The van der Waals surface area contributed by atoms with Crippen molar-refractivity contribution in [3.05, 3.63) is 28.8 Å². The van der Waals surface area contributed by atoms with Gasteiger partial charge in [-0.3, -0.25) is 9.69 Å². The zero-order valence-corrected chi connectivity index (χ0v) is 15.1. The monoisotopic (exact) mass is 368 g/mol. The molecule has 1 aromatic carbocycles. The van der Waals surface area contributed by atoms with Gasteiger partial charge in [-0.15, -0.1) is 0 Å². The minimum atomic E-state index is -1.18. The van der Waals surface area contributed by atoms with Crippen LogP contribution in [0.1, 0.15) is 44.0 Å². The van der Waals surface area contributed by atoms with Crippen LogP contribution >= 0.6 is 11.6 Å². The lowest BCUT2D eigenvalue weighted by Crippen LogP contribution is -2.45. The van der Waals surface area contributed by atoms with Crippen LogP contribution in [0.2, 0.25) is 5.02 Å². The normalized spacial score (nSPS) is 17.3. The molecular weight excluding hydrogens is 348 g/mol. The molecule has 8 heteroatoms. The molecule has 2 rings (SSSR count). The highest BCUT2D eigenvalue weighted by atomic mass is 35.5. The van der Waals surface area contributed by atoms with Gasteiger partial charge in [-0.1, -0.05) is 11.6 Å². The highest BCUT2D eigenvalue weighted by Crippen LogP contribution is 2.25. The molecule has 1 aliphatic heterocycles. The van der Waals surface area contributed by atoms with Crippen molar-refractivity contribution in [1.82, 2.24) is 4.90 Å². The van der Waals surface area contributed by atoms with E-state index in [9.17, 15) is 19.5 Å². The largest absolute Gasteiger partial charge is 0.478 e. The number of benzene rings is 1. The lowest BCUT2D eigenvalue weighted by Gasteiger charge is -2.28. The lowest BCUT2D eigenvalue weighted by molar-refractivity contribution is -0.120. The molecule has 25 heavy (non-hydrogen) atoms. The minimum absolute atomic E-state index is 0.0698. The van der Waals surface area contributed by atoms with Crippen LogP contribution in [-0.4, -0.2) is 46.2 Å². The third kappa shape index (κ3) is 4.85. The van der Waals surface area contributed by atoms with Gasteiger partial charge in [0.05, 0.1) is 11.3 Å². The number of aromatic carboxylic acids is 1. The third-order valence-corrected chi connectivity index (χ3v) is 3.89. The molecule has 0 spiro atoms. The minimum Gasteiger partial charge on any atom is -0.478 e. The molecule has 1 atom stereocenters. The van der Waals surface area contributed by atoms with E-state index in [1.54, 1.807) is 20.8 Å². The number of carbonyl (C=O) groups excluding carboxylic acids is 2. The van der Waals surface area contributed by atoms with Crippen LogP contribution in [-0.2, 0) is 9.53 Å². The van der Waals surface area contributed by atoms with Crippen LogP contribution in [0.5, 0.6) is 0 Å². The van der Waals surface area contributed by atoms with Crippen LogP contribution in [0.15, 0.2) is 18.2 Å². The number of anilines is 1. The summed E-state index contributed by atoms with van der Waals surface area (Å²) in [6.45, 7) is 5.66. The summed E-state index contributed by atoms with van der Waals surface area (Å²) >= 11 is 5.89. The first-order valence-corrected chi connectivity index (χ1v) is 8.29. The number of hydrogen-bond donors (Lipinski definition) is 2. The van der Waals surface area contributed by atoms with Crippen LogP contribution in [0.3, 0.4) is 0 Å². The second-order valence-electron chi connectivity index (χ2n) is 6.82. The van der Waals surface area contributed by atoms with Gasteiger partial charge in [0.25, 0.3) is 0 Å². The van der Waals surface area contributed by atoms with Crippen LogP contribution < -0.4 is 5.32 Å². The summed E-state index contributed by atoms with van der Waals surface area (Å²) in [6, 6.07) is 3.41. The summed E-state index contributed by atoms with van der Waals surface area (Å²) in [4.78, 5) is 37.5. The van der Waals surface area contributed by atoms with Crippen molar-refractivity contribution in [2.75, 3.05) is 11.9 Å². The number of nitrogens with zero attached hydrogens (tertiary/aromatic N) is 1. The molecule has 0 bridgehead atoms. The summed E-state index contributed by atoms with van der Waals surface area (Å²) in [5.74, 6) is -1.64. The van der Waals surface area contributed by atoms with Crippen molar-refractivity contribution in [1.29, 1.82) is 0 Å². The fourth-order valence-electron chi connectivity index (χ4n) is 2.60. The van der Waals surface area contributed by atoms with Gasteiger partial charge in [-0.05, 0) is 51.8 Å². The molecule has 1 aliphatic rings. The highest BCUT2D eigenvalue weighted by Gasteiger charge is 2.36. The van der Waals surface area contributed by atoms with Crippen molar-refractivity contribution < 1.29 is 24.2 Å². The van der Waals surface area contributed by atoms with Gasteiger partial charge in [0.2, 0.25) is 5.91 Å². The number of halogens is 1. The lowest BCUT2D eigenvalue weighted by atomic mass is 10.1. The second-order valence-corrected chi connectivity index (χ2v) is 7.25. The molecule has 1 saturated heterocycles. The van der Waals surface area contributed by atoms with Gasteiger partial charge in [0, 0.05) is 11.6 Å². The molecule has 0 aromatic heterocycles. The van der Waals surface area contributed by atoms with Crippen LogP contribution in [0.25, 0.3) is 0 Å². The van der Waals surface area contributed by atoms with E-state index in [-0.39, 0.29) is 11.3 Å². The molecule has 1 fully saturated rings. The van der Waals surface area contributed by atoms with E-state index in [1.807, 2.05) is 0 Å². The molecule has 2 N–H and O–H groups in total. The molecule has 0 aliphatic carbocycles. The van der Waals surface area contributed by atoms with E-state index in [0.717, 1.165) is 0 Å². The summed E-state index contributed by atoms with van der Waals surface area (Å²) < 4.78 is 5.33. The van der Waals surface area contributed by atoms with Gasteiger partial charge in [0.1, 0.15) is 11.6 Å². The topological polar surface area (TPSA) is 95.9 Å². The Labute approximate surface area is 150 Å². The average molecular weight is 369 g/mol. The maximum absolute atomic E-state index is 12.6. The Balaban J connectivity index is 2.16. The number of carboxylic acids is 1. The molecule has 1 heterocycles. The number of nitrogens with one attached hydrogen (secondary N) is 1. The van der Waals surface area contributed by atoms with Crippen molar-refractivity contribution in [3.8, 4) is 0 Å². The second kappa shape index (κ2) is 7.31. The summed E-state index contributed by atoms with van der Waals surface area (Å²) in [5, 5.41) is 12.1. The number of carboxylic acid groups (broad SMARTS) is 1. The first-order chi connectivity index (χ1) is 11.6. The highest BCUT2D eigenvalue weighted by molar-refractivity contribution is 6.31. The maximum atomic E-state index is 12.6. The summed E-state index contributed by atoms with van der Waals surface area (Å²) in [6.07, 6.45) is 0.585. The predicted octanol–water partition coefficient (Wildman–Crippen LogP) is 3.38. The first kappa shape index (κ1) is 19.1. The Morgan fingerprint density at radius 1 is 1.32 bits per heavy atom. The molecule has 7 nitrogen and oxygen atoms in total. The fourth-order valence-corrected chi connectivity index (χ4v) is 2.77. The van der Waals surface area contributed by atoms with Gasteiger partial charge in [-0.25, -0.2) is 9.59 Å². The third-order valence-electron chi connectivity index (χ3n) is 3.65. The fraction of sp³-hybridized carbons (Fsp3) is 0.471. The Morgan fingerprint density at radius 3 is 2.60 bits per heavy atom. The van der Waals surface area contributed by atoms with E-state index in [1.165, 1.54) is 23.1 Å². The van der Waals surface area contributed by atoms with Gasteiger partial charge in [0.15, 0.2) is 0 Å². The Kier molecular flexibility index (Phi) is 5.57. The van der Waals surface area contributed by atoms with E-state index in [0.29, 0.717) is 24.4 Å². The van der Waals surface area contributed by atoms with E-state index >= 15 is 0 Å². The number of hydrogen-bond acceptors (Lipinski definition) is 4. The Morgan fingerprint density at radius 2 is 2.00 bits per heavy atom. The number of ether oxygens (including phenoxy) is 1. The predicted molar refractivity (Wildman–Crippen MR) is 93.0 cm³/mol. The molecule has 136 valence electrons. The van der Waals surface area contributed by atoms with Crippen LogP contribution in [0, 0.1) is 0 Å². The number of amides is 2. The number of likely N-dealkylation sites (tertiary alicyclic amines) is 1. The van der Waals surface area contributed by atoms with Crippen molar-refractivity contribution in [2.45, 2.75) is 45.3 Å². The Bertz CT molecular complexity index is 699. The van der Waals surface area contributed by atoms with Gasteiger partial charge < -0.3 is 15.2 Å². The summed E-state index contributed by atoms with van der Waals surface area (Å²) in [5.41, 5.74) is -0.634.